The molecule has 0 aliphatic carbocycles. The van der Waals surface area contributed by atoms with E-state index in [0.717, 1.165) is 44.3 Å². The number of aromatic nitrogens is 1. The quantitative estimate of drug-likeness (QED) is 0.775. The van der Waals surface area contributed by atoms with E-state index in [1.54, 1.807) is 12.1 Å². The second-order valence-electron chi connectivity index (χ2n) is 5.04. The SMILES string of the molecule is Cl.Fc1cc2c3c(c1)c1c(n3CC2)CCNCC1. The van der Waals surface area contributed by atoms with Gasteiger partial charge in [0.2, 0.25) is 0 Å². The third-order valence-electron chi connectivity index (χ3n) is 4.12. The van der Waals surface area contributed by atoms with Gasteiger partial charge in [0.1, 0.15) is 5.82 Å². The van der Waals surface area contributed by atoms with Gasteiger partial charge in [0.05, 0.1) is 5.52 Å². The molecule has 0 atom stereocenters. The van der Waals surface area contributed by atoms with Crippen LogP contribution in [-0.4, -0.2) is 17.7 Å². The van der Waals surface area contributed by atoms with Crippen molar-refractivity contribution in [3.05, 3.63) is 34.8 Å². The van der Waals surface area contributed by atoms with Crippen LogP contribution in [0.4, 0.5) is 4.39 Å². The van der Waals surface area contributed by atoms with Crippen LogP contribution >= 0.6 is 12.4 Å². The number of benzene rings is 1. The lowest BCUT2D eigenvalue weighted by Gasteiger charge is -2.05. The molecule has 2 aromatic rings. The van der Waals surface area contributed by atoms with Crippen molar-refractivity contribution in [2.75, 3.05) is 13.1 Å². The second kappa shape index (κ2) is 4.25. The van der Waals surface area contributed by atoms with Crippen LogP contribution in [0.5, 0.6) is 0 Å². The summed E-state index contributed by atoms with van der Waals surface area (Å²) in [6.45, 7) is 3.09. The average molecular weight is 267 g/mol. The molecule has 0 saturated carbocycles. The molecular formula is C14H16ClFN2. The van der Waals surface area contributed by atoms with E-state index >= 15 is 0 Å². The summed E-state index contributed by atoms with van der Waals surface area (Å²) in [7, 11) is 0. The predicted octanol–water partition coefficient (Wildman–Crippen LogP) is 2.45. The second-order valence-corrected chi connectivity index (χ2v) is 5.04. The highest BCUT2D eigenvalue weighted by atomic mass is 35.5. The fraction of sp³-hybridized carbons (Fsp3) is 0.429. The minimum Gasteiger partial charge on any atom is -0.344 e. The Kier molecular flexibility index (Phi) is 2.83. The number of aryl methyl sites for hydroxylation is 2. The maximum atomic E-state index is 13.6. The monoisotopic (exact) mass is 266 g/mol. The van der Waals surface area contributed by atoms with Crippen LogP contribution in [0.25, 0.3) is 10.9 Å². The number of nitrogens with zero attached hydrogens (tertiary/aromatic N) is 1. The average Bonchev–Trinajstić information content (AvgIpc) is 2.74. The van der Waals surface area contributed by atoms with Gasteiger partial charge < -0.3 is 9.88 Å². The van der Waals surface area contributed by atoms with E-state index in [2.05, 4.69) is 9.88 Å². The van der Waals surface area contributed by atoms with Gasteiger partial charge >= 0.3 is 0 Å². The summed E-state index contributed by atoms with van der Waals surface area (Å²) < 4.78 is 16.1. The molecule has 0 fully saturated rings. The molecule has 1 aromatic heterocycles. The molecule has 2 aliphatic rings. The third kappa shape index (κ3) is 1.50. The number of halogens is 2. The minimum atomic E-state index is -0.0773. The summed E-state index contributed by atoms with van der Waals surface area (Å²) in [6.07, 6.45) is 3.09. The Morgan fingerprint density at radius 1 is 1.11 bits per heavy atom. The van der Waals surface area contributed by atoms with Crippen molar-refractivity contribution < 1.29 is 4.39 Å². The Hall–Kier alpha value is -1.06. The lowest BCUT2D eigenvalue weighted by molar-refractivity contribution is 0.627. The Labute approximate surface area is 112 Å². The zero-order valence-corrected chi connectivity index (χ0v) is 10.9. The zero-order valence-electron chi connectivity index (χ0n) is 10.1. The molecule has 0 spiro atoms. The van der Waals surface area contributed by atoms with Crippen molar-refractivity contribution in [2.45, 2.75) is 25.8 Å². The van der Waals surface area contributed by atoms with E-state index in [0.29, 0.717) is 0 Å². The summed E-state index contributed by atoms with van der Waals surface area (Å²) in [5, 5.41) is 4.58. The third-order valence-corrected chi connectivity index (χ3v) is 4.12. The van der Waals surface area contributed by atoms with Crippen LogP contribution in [0, 0.1) is 5.82 Å². The van der Waals surface area contributed by atoms with Crippen molar-refractivity contribution in [3.63, 3.8) is 0 Å². The summed E-state index contributed by atoms with van der Waals surface area (Å²) >= 11 is 0. The molecule has 0 radical (unpaired) electrons. The lowest BCUT2D eigenvalue weighted by atomic mass is 10.0. The highest BCUT2D eigenvalue weighted by Gasteiger charge is 2.24. The molecule has 0 unspecified atom stereocenters. The summed E-state index contributed by atoms with van der Waals surface area (Å²) in [4.78, 5) is 0. The van der Waals surface area contributed by atoms with Gasteiger partial charge in [-0.1, -0.05) is 0 Å². The van der Waals surface area contributed by atoms with E-state index in [1.807, 2.05) is 0 Å². The number of fused-ring (bicyclic) bond motifs is 3. The van der Waals surface area contributed by atoms with Crippen molar-refractivity contribution in [1.29, 1.82) is 0 Å². The Bertz CT molecular complexity index is 618. The minimum absolute atomic E-state index is 0. The van der Waals surface area contributed by atoms with E-state index in [4.69, 9.17) is 0 Å². The zero-order chi connectivity index (χ0) is 11.4. The maximum absolute atomic E-state index is 13.6. The number of hydrogen-bond acceptors (Lipinski definition) is 1. The molecule has 4 heteroatoms. The smallest absolute Gasteiger partial charge is 0.124 e. The summed E-state index contributed by atoms with van der Waals surface area (Å²) in [5.74, 6) is -0.0773. The van der Waals surface area contributed by atoms with Crippen molar-refractivity contribution >= 4 is 23.3 Å². The Balaban J connectivity index is 0.000001000. The molecular weight excluding hydrogens is 251 g/mol. The molecule has 0 saturated heterocycles. The van der Waals surface area contributed by atoms with E-state index in [1.165, 1.54) is 22.3 Å². The highest BCUT2D eigenvalue weighted by Crippen LogP contribution is 2.35. The molecule has 18 heavy (non-hydrogen) atoms. The first-order valence-electron chi connectivity index (χ1n) is 6.37. The largest absolute Gasteiger partial charge is 0.344 e. The molecule has 1 aromatic carbocycles. The van der Waals surface area contributed by atoms with E-state index in [9.17, 15) is 4.39 Å². The molecule has 1 N–H and O–H groups in total. The van der Waals surface area contributed by atoms with Crippen LogP contribution in [0.1, 0.15) is 16.8 Å². The first kappa shape index (κ1) is 12.0. The van der Waals surface area contributed by atoms with Crippen LogP contribution in [0.2, 0.25) is 0 Å². The van der Waals surface area contributed by atoms with Crippen LogP contribution < -0.4 is 5.32 Å². The number of nitrogens with one attached hydrogen (secondary N) is 1. The van der Waals surface area contributed by atoms with E-state index in [-0.39, 0.29) is 18.2 Å². The predicted molar refractivity (Wildman–Crippen MR) is 73.1 cm³/mol. The van der Waals surface area contributed by atoms with Crippen molar-refractivity contribution in [1.82, 2.24) is 9.88 Å². The van der Waals surface area contributed by atoms with Gasteiger partial charge in [0, 0.05) is 30.6 Å². The van der Waals surface area contributed by atoms with Crippen LogP contribution in [0.3, 0.4) is 0 Å². The van der Waals surface area contributed by atoms with E-state index < -0.39 is 0 Å². The maximum Gasteiger partial charge on any atom is 0.124 e. The van der Waals surface area contributed by atoms with Crippen LogP contribution in [-0.2, 0) is 25.8 Å². The highest BCUT2D eigenvalue weighted by molar-refractivity contribution is 5.89. The molecule has 3 heterocycles. The Morgan fingerprint density at radius 3 is 2.83 bits per heavy atom. The molecule has 4 rings (SSSR count). The molecule has 96 valence electrons. The normalized spacial score (nSPS) is 17.4. The molecule has 0 amide bonds. The topological polar surface area (TPSA) is 17.0 Å². The first-order chi connectivity index (χ1) is 8.34. The first-order valence-corrected chi connectivity index (χ1v) is 6.37. The number of rotatable bonds is 0. The molecule has 0 bridgehead atoms. The fourth-order valence-electron chi connectivity index (χ4n) is 3.44. The molecule has 2 nitrogen and oxygen atoms in total. The van der Waals surface area contributed by atoms with Crippen molar-refractivity contribution in [2.24, 2.45) is 0 Å². The fourth-order valence-corrected chi connectivity index (χ4v) is 3.44. The van der Waals surface area contributed by atoms with Gasteiger partial charge in [-0.25, -0.2) is 4.39 Å². The van der Waals surface area contributed by atoms with Gasteiger partial charge in [-0.05, 0) is 42.6 Å². The Morgan fingerprint density at radius 2 is 1.94 bits per heavy atom. The van der Waals surface area contributed by atoms with Crippen molar-refractivity contribution in [3.8, 4) is 0 Å². The van der Waals surface area contributed by atoms with Gasteiger partial charge in [-0.2, -0.15) is 0 Å². The lowest BCUT2D eigenvalue weighted by Crippen LogP contribution is -2.17. The van der Waals surface area contributed by atoms with Gasteiger partial charge in [0.25, 0.3) is 0 Å². The van der Waals surface area contributed by atoms with Gasteiger partial charge in [0.15, 0.2) is 0 Å². The standard InChI is InChI=1S/C14H15FN2.ClH/c15-10-7-9-3-6-17-13-2-5-16-4-1-11(13)12(8-10)14(9)17;/h7-8,16H,1-6H2;1H. The summed E-state index contributed by atoms with van der Waals surface area (Å²) in [6, 6.07) is 3.44. The van der Waals surface area contributed by atoms with Crippen LogP contribution in [0.15, 0.2) is 12.1 Å². The van der Waals surface area contributed by atoms with Gasteiger partial charge in [-0.3, -0.25) is 0 Å². The van der Waals surface area contributed by atoms with Gasteiger partial charge in [-0.15, -0.1) is 12.4 Å². The molecule has 2 aliphatic heterocycles. The summed E-state index contributed by atoms with van der Waals surface area (Å²) in [5.41, 5.74) is 5.32. The number of hydrogen-bond donors (Lipinski definition) is 1.